The van der Waals surface area contributed by atoms with Gasteiger partial charge in [0.05, 0.1) is 17.0 Å². The Morgan fingerprint density at radius 2 is 2.06 bits per heavy atom. The topological polar surface area (TPSA) is 64.3 Å². The molecule has 1 unspecified atom stereocenters. The van der Waals surface area contributed by atoms with Crippen LogP contribution < -0.4 is 11.1 Å². The smallest absolute Gasteiger partial charge is 0.229 e. The number of ether oxygens (including phenoxy) is 1. The van der Waals surface area contributed by atoms with Gasteiger partial charge in [0.25, 0.3) is 0 Å². The van der Waals surface area contributed by atoms with Crippen molar-refractivity contribution in [3.8, 4) is 0 Å². The van der Waals surface area contributed by atoms with Crippen LogP contribution in [-0.4, -0.2) is 30.2 Å². The molecular weight excluding hydrogens is 248 g/mol. The highest BCUT2D eigenvalue weighted by Gasteiger charge is 2.19. The van der Waals surface area contributed by atoms with Crippen molar-refractivity contribution in [3.05, 3.63) is 0 Å². The number of nitrogens with two attached hydrogens (primary N) is 1. The number of amides is 1. The van der Waals surface area contributed by atoms with Crippen LogP contribution >= 0.6 is 12.2 Å². The molecule has 106 valence electrons. The molecular formula is C13H26N2O2S. The molecule has 1 atom stereocenters. The van der Waals surface area contributed by atoms with E-state index >= 15 is 0 Å². The first-order valence-electron chi connectivity index (χ1n) is 6.67. The lowest BCUT2D eigenvalue weighted by molar-refractivity contribution is -0.123. The fourth-order valence-corrected chi connectivity index (χ4v) is 1.80. The van der Waals surface area contributed by atoms with Crippen molar-refractivity contribution in [2.24, 2.45) is 11.7 Å². The highest BCUT2D eigenvalue weighted by atomic mass is 32.1. The number of nitrogens with one attached hydrogen (secondary N) is 1. The Morgan fingerprint density at radius 3 is 2.56 bits per heavy atom. The maximum atomic E-state index is 11.8. The third-order valence-corrected chi connectivity index (χ3v) is 2.84. The molecule has 0 aromatic heterocycles. The standard InChI is InChI=1S/C13H26N2O2S/c1-4-7-11(12(14)18)13(16)15-8-5-6-9-17-10(2)3/h10-11H,4-9H2,1-3H3,(H2,14,18)(H,15,16). The van der Waals surface area contributed by atoms with Gasteiger partial charge in [0.1, 0.15) is 0 Å². The van der Waals surface area contributed by atoms with Crippen molar-refractivity contribution in [2.75, 3.05) is 13.2 Å². The molecule has 0 heterocycles. The van der Waals surface area contributed by atoms with Gasteiger partial charge in [-0.1, -0.05) is 25.6 Å². The number of hydrogen-bond donors (Lipinski definition) is 2. The largest absolute Gasteiger partial charge is 0.393 e. The van der Waals surface area contributed by atoms with Crippen molar-refractivity contribution in [2.45, 2.75) is 52.6 Å². The summed E-state index contributed by atoms with van der Waals surface area (Å²) in [4.78, 5) is 12.1. The summed E-state index contributed by atoms with van der Waals surface area (Å²) in [5.41, 5.74) is 5.56. The third-order valence-electron chi connectivity index (χ3n) is 2.56. The zero-order valence-corrected chi connectivity index (χ0v) is 12.5. The first-order chi connectivity index (χ1) is 8.49. The fraction of sp³-hybridized carbons (Fsp3) is 0.846. The molecule has 0 bridgehead atoms. The lowest BCUT2D eigenvalue weighted by Gasteiger charge is -2.14. The Morgan fingerprint density at radius 1 is 1.39 bits per heavy atom. The van der Waals surface area contributed by atoms with E-state index in [0.717, 1.165) is 32.3 Å². The van der Waals surface area contributed by atoms with Crippen molar-refractivity contribution in [1.82, 2.24) is 5.32 Å². The van der Waals surface area contributed by atoms with Gasteiger partial charge >= 0.3 is 0 Å². The van der Waals surface area contributed by atoms with E-state index in [1.807, 2.05) is 20.8 Å². The molecule has 0 aromatic carbocycles. The van der Waals surface area contributed by atoms with Gasteiger partial charge in [-0.25, -0.2) is 0 Å². The average Bonchev–Trinajstić information content (AvgIpc) is 2.29. The van der Waals surface area contributed by atoms with Crippen molar-refractivity contribution >= 4 is 23.1 Å². The zero-order valence-electron chi connectivity index (χ0n) is 11.7. The first kappa shape index (κ1) is 17.3. The Balaban J connectivity index is 3.71. The van der Waals surface area contributed by atoms with E-state index in [1.165, 1.54) is 0 Å². The number of rotatable bonds is 10. The molecule has 0 rings (SSSR count). The van der Waals surface area contributed by atoms with Crippen molar-refractivity contribution in [1.29, 1.82) is 0 Å². The molecule has 0 radical (unpaired) electrons. The summed E-state index contributed by atoms with van der Waals surface area (Å²) in [6.07, 6.45) is 3.75. The number of carbonyl (C=O) groups excluding carboxylic acids is 1. The van der Waals surface area contributed by atoms with Gasteiger partial charge in [0.15, 0.2) is 0 Å². The van der Waals surface area contributed by atoms with Crippen LogP contribution in [0.2, 0.25) is 0 Å². The van der Waals surface area contributed by atoms with Crippen LogP contribution in [0.3, 0.4) is 0 Å². The third kappa shape index (κ3) is 8.42. The van der Waals surface area contributed by atoms with Gasteiger partial charge in [0.2, 0.25) is 5.91 Å². The van der Waals surface area contributed by atoms with E-state index in [-0.39, 0.29) is 22.9 Å². The maximum Gasteiger partial charge on any atom is 0.229 e. The number of thiocarbonyl (C=S) groups is 1. The summed E-state index contributed by atoms with van der Waals surface area (Å²) >= 11 is 4.90. The van der Waals surface area contributed by atoms with Crippen LogP contribution in [0.1, 0.15) is 46.5 Å². The van der Waals surface area contributed by atoms with Crippen LogP contribution in [-0.2, 0) is 9.53 Å². The van der Waals surface area contributed by atoms with Gasteiger partial charge in [-0.2, -0.15) is 0 Å². The molecule has 1 amide bonds. The summed E-state index contributed by atoms with van der Waals surface area (Å²) in [5, 5.41) is 2.88. The summed E-state index contributed by atoms with van der Waals surface area (Å²) < 4.78 is 5.42. The van der Waals surface area contributed by atoms with Gasteiger partial charge in [-0.15, -0.1) is 0 Å². The normalized spacial score (nSPS) is 12.4. The van der Waals surface area contributed by atoms with Crippen molar-refractivity contribution in [3.63, 3.8) is 0 Å². The molecule has 0 aliphatic rings. The van der Waals surface area contributed by atoms with Crippen LogP contribution in [0, 0.1) is 5.92 Å². The summed E-state index contributed by atoms with van der Waals surface area (Å²) in [6.45, 7) is 7.44. The number of unbranched alkanes of at least 4 members (excludes halogenated alkanes) is 1. The van der Waals surface area contributed by atoms with E-state index in [0.29, 0.717) is 6.54 Å². The van der Waals surface area contributed by atoms with E-state index in [4.69, 9.17) is 22.7 Å². The minimum atomic E-state index is -0.322. The molecule has 0 saturated carbocycles. The Bertz CT molecular complexity index is 257. The first-order valence-corrected chi connectivity index (χ1v) is 7.08. The summed E-state index contributed by atoms with van der Waals surface area (Å²) in [7, 11) is 0. The second kappa shape index (κ2) is 10.3. The highest BCUT2D eigenvalue weighted by Crippen LogP contribution is 2.07. The minimum absolute atomic E-state index is 0.0471. The quantitative estimate of drug-likeness (QED) is 0.472. The fourth-order valence-electron chi connectivity index (χ4n) is 1.57. The Hall–Kier alpha value is -0.680. The lowest BCUT2D eigenvalue weighted by Crippen LogP contribution is -2.38. The van der Waals surface area contributed by atoms with Crippen molar-refractivity contribution < 1.29 is 9.53 Å². The van der Waals surface area contributed by atoms with E-state index < -0.39 is 0 Å². The average molecular weight is 274 g/mol. The lowest BCUT2D eigenvalue weighted by atomic mass is 10.0. The Labute approximate surface area is 116 Å². The number of carbonyl (C=O) groups is 1. The molecule has 0 spiro atoms. The molecule has 5 heteroatoms. The van der Waals surface area contributed by atoms with Crippen LogP contribution in [0.25, 0.3) is 0 Å². The molecule has 3 N–H and O–H groups in total. The SMILES string of the molecule is CCCC(C(=O)NCCCCOC(C)C)C(N)=S. The maximum absolute atomic E-state index is 11.8. The molecule has 18 heavy (non-hydrogen) atoms. The second-order valence-corrected chi connectivity index (χ2v) is 5.13. The van der Waals surface area contributed by atoms with Gasteiger partial charge in [0, 0.05) is 13.2 Å². The van der Waals surface area contributed by atoms with Gasteiger partial charge in [-0.05, 0) is 33.1 Å². The minimum Gasteiger partial charge on any atom is -0.393 e. The van der Waals surface area contributed by atoms with Crippen LogP contribution in [0.5, 0.6) is 0 Å². The summed E-state index contributed by atoms with van der Waals surface area (Å²) in [6, 6.07) is 0. The molecule has 0 fully saturated rings. The zero-order chi connectivity index (χ0) is 14.0. The van der Waals surface area contributed by atoms with E-state index in [1.54, 1.807) is 0 Å². The molecule has 0 aromatic rings. The predicted molar refractivity (Wildman–Crippen MR) is 78.5 cm³/mol. The Kier molecular flexibility index (Phi) is 9.87. The monoisotopic (exact) mass is 274 g/mol. The van der Waals surface area contributed by atoms with E-state index in [9.17, 15) is 4.79 Å². The highest BCUT2D eigenvalue weighted by molar-refractivity contribution is 7.80. The van der Waals surface area contributed by atoms with Crippen LogP contribution in [0.15, 0.2) is 0 Å². The second-order valence-electron chi connectivity index (χ2n) is 4.66. The van der Waals surface area contributed by atoms with Gasteiger partial charge in [-0.3, -0.25) is 4.79 Å². The molecule has 4 nitrogen and oxygen atoms in total. The molecule has 0 aliphatic carbocycles. The van der Waals surface area contributed by atoms with Crippen LogP contribution in [0.4, 0.5) is 0 Å². The van der Waals surface area contributed by atoms with E-state index in [2.05, 4.69) is 5.32 Å². The molecule has 0 saturated heterocycles. The summed E-state index contributed by atoms with van der Waals surface area (Å²) in [5.74, 6) is -0.369. The molecule has 0 aliphatic heterocycles. The predicted octanol–water partition coefficient (Wildman–Crippen LogP) is 2.01. The van der Waals surface area contributed by atoms with Gasteiger partial charge < -0.3 is 15.8 Å². The number of hydrogen-bond acceptors (Lipinski definition) is 3.